The van der Waals surface area contributed by atoms with E-state index in [9.17, 15) is 0 Å². The molecule has 1 aromatic carbocycles. The van der Waals surface area contributed by atoms with Crippen LogP contribution in [0.1, 0.15) is 56.3 Å². The smallest absolute Gasteiger partial charge is 0.122 e. The van der Waals surface area contributed by atoms with Crippen molar-refractivity contribution >= 4 is 0 Å². The molecule has 2 nitrogen and oxygen atoms in total. The molecule has 0 spiro atoms. The molecule has 2 unspecified atom stereocenters. The molecule has 0 aliphatic rings. The van der Waals surface area contributed by atoms with E-state index in [1.807, 2.05) is 0 Å². The molecule has 0 bridgehead atoms. The third-order valence-electron chi connectivity index (χ3n) is 3.95. The minimum absolute atomic E-state index is 0.439. The zero-order chi connectivity index (χ0) is 14.4. The molecule has 19 heavy (non-hydrogen) atoms. The summed E-state index contributed by atoms with van der Waals surface area (Å²) in [6.45, 7) is 12.2. The highest BCUT2D eigenvalue weighted by Crippen LogP contribution is 2.31. The number of ether oxygens (including phenoxy) is 1. The first-order valence-electron chi connectivity index (χ1n) is 7.43. The van der Waals surface area contributed by atoms with Gasteiger partial charge in [-0.25, -0.2) is 0 Å². The Kier molecular flexibility index (Phi) is 6.36. The summed E-state index contributed by atoms with van der Waals surface area (Å²) in [5.74, 6) is 1.62. The molecule has 0 heterocycles. The number of hydrogen-bond acceptors (Lipinski definition) is 2. The predicted octanol–water partition coefficient (Wildman–Crippen LogP) is 4.40. The van der Waals surface area contributed by atoms with Gasteiger partial charge >= 0.3 is 0 Å². The van der Waals surface area contributed by atoms with E-state index in [-0.39, 0.29) is 0 Å². The van der Waals surface area contributed by atoms with Crippen LogP contribution >= 0.6 is 0 Å². The topological polar surface area (TPSA) is 21.3 Å². The van der Waals surface area contributed by atoms with Crippen LogP contribution in [0, 0.1) is 19.8 Å². The first kappa shape index (κ1) is 16.0. The molecule has 0 amide bonds. The molecule has 1 aromatic rings. The maximum atomic E-state index is 5.41. The largest absolute Gasteiger partial charge is 0.496 e. The summed E-state index contributed by atoms with van der Waals surface area (Å²) in [6.07, 6.45) is 2.35. The van der Waals surface area contributed by atoms with Crippen molar-refractivity contribution in [2.45, 2.75) is 53.5 Å². The summed E-state index contributed by atoms with van der Waals surface area (Å²) in [5, 5.41) is 3.70. The SMILES string of the molecule is CCCNC(c1cc(C)c(OC)cc1C)C(C)CC. The van der Waals surface area contributed by atoms with Gasteiger partial charge in [-0.2, -0.15) is 0 Å². The quantitative estimate of drug-likeness (QED) is 0.787. The third kappa shape index (κ3) is 3.97. The fraction of sp³-hybridized carbons (Fsp3) is 0.647. The lowest BCUT2D eigenvalue weighted by Crippen LogP contribution is -2.28. The maximum absolute atomic E-state index is 5.41. The normalized spacial score (nSPS) is 14.2. The molecule has 0 aliphatic heterocycles. The Balaban J connectivity index is 3.10. The van der Waals surface area contributed by atoms with Gasteiger partial charge in [0.15, 0.2) is 0 Å². The van der Waals surface area contributed by atoms with E-state index >= 15 is 0 Å². The highest BCUT2D eigenvalue weighted by atomic mass is 16.5. The van der Waals surface area contributed by atoms with Crippen molar-refractivity contribution in [2.75, 3.05) is 13.7 Å². The van der Waals surface area contributed by atoms with Gasteiger partial charge in [0.1, 0.15) is 5.75 Å². The van der Waals surface area contributed by atoms with Gasteiger partial charge in [0.25, 0.3) is 0 Å². The van der Waals surface area contributed by atoms with E-state index in [1.165, 1.54) is 29.5 Å². The van der Waals surface area contributed by atoms with E-state index < -0.39 is 0 Å². The van der Waals surface area contributed by atoms with Crippen LogP contribution in [0.25, 0.3) is 0 Å². The third-order valence-corrected chi connectivity index (χ3v) is 3.95. The minimum Gasteiger partial charge on any atom is -0.496 e. The van der Waals surface area contributed by atoms with E-state index in [1.54, 1.807) is 7.11 Å². The fourth-order valence-electron chi connectivity index (χ4n) is 2.52. The molecule has 0 aromatic heterocycles. The summed E-state index contributed by atoms with van der Waals surface area (Å²) >= 11 is 0. The Labute approximate surface area is 118 Å². The fourth-order valence-corrected chi connectivity index (χ4v) is 2.52. The van der Waals surface area contributed by atoms with Crippen LogP contribution in [0.2, 0.25) is 0 Å². The highest BCUT2D eigenvalue weighted by Gasteiger charge is 2.20. The van der Waals surface area contributed by atoms with Gasteiger partial charge in [-0.1, -0.05) is 33.3 Å². The summed E-state index contributed by atoms with van der Waals surface area (Å²) < 4.78 is 5.41. The molecular weight excluding hydrogens is 234 g/mol. The monoisotopic (exact) mass is 263 g/mol. The van der Waals surface area contributed by atoms with Crippen LogP contribution in [0.15, 0.2) is 12.1 Å². The predicted molar refractivity (Wildman–Crippen MR) is 83.0 cm³/mol. The van der Waals surface area contributed by atoms with E-state index in [0.717, 1.165) is 12.3 Å². The van der Waals surface area contributed by atoms with Crippen molar-refractivity contribution in [1.82, 2.24) is 5.32 Å². The molecule has 1 rings (SSSR count). The molecule has 108 valence electrons. The lowest BCUT2D eigenvalue weighted by Gasteiger charge is -2.27. The zero-order valence-electron chi connectivity index (χ0n) is 13.3. The van der Waals surface area contributed by atoms with Crippen LogP contribution in [0.5, 0.6) is 5.75 Å². The molecule has 0 saturated carbocycles. The van der Waals surface area contributed by atoms with Gasteiger partial charge < -0.3 is 10.1 Å². The van der Waals surface area contributed by atoms with Crippen LogP contribution in [0.3, 0.4) is 0 Å². The van der Waals surface area contributed by atoms with Crippen LogP contribution < -0.4 is 10.1 Å². The van der Waals surface area contributed by atoms with E-state index in [4.69, 9.17) is 4.74 Å². The Morgan fingerprint density at radius 3 is 2.37 bits per heavy atom. The lowest BCUT2D eigenvalue weighted by atomic mass is 9.88. The second kappa shape index (κ2) is 7.54. The average molecular weight is 263 g/mol. The van der Waals surface area contributed by atoms with Gasteiger partial charge in [-0.15, -0.1) is 0 Å². The zero-order valence-corrected chi connectivity index (χ0v) is 13.3. The van der Waals surface area contributed by atoms with Crippen molar-refractivity contribution in [2.24, 2.45) is 5.92 Å². The molecule has 2 atom stereocenters. The van der Waals surface area contributed by atoms with Crippen molar-refractivity contribution in [3.8, 4) is 5.75 Å². The van der Waals surface area contributed by atoms with Gasteiger partial charge in [-0.05, 0) is 55.5 Å². The Bertz CT molecular complexity index is 400. The molecule has 0 fully saturated rings. The molecule has 1 N–H and O–H groups in total. The molecule has 0 aliphatic carbocycles. The minimum atomic E-state index is 0.439. The van der Waals surface area contributed by atoms with Crippen LogP contribution in [-0.2, 0) is 0 Å². The molecule has 0 saturated heterocycles. The van der Waals surface area contributed by atoms with Gasteiger partial charge in [-0.3, -0.25) is 0 Å². The van der Waals surface area contributed by atoms with Crippen molar-refractivity contribution in [3.63, 3.8) is 0 Å². The molecule has 2 heteroatoms. The Morgan fingerprint density at radius 2 is 1.84 bits per heavy atom. The van der Waals surface area contributed by atoms with Gasteiger partial charge in [0.2, 0.25) is 0 Å². The average Bonchev–Trinajstić information content (AvgIpc) is 2.41. The summed E-state index contributed by atoms with van der Waals surface area (Å²) in [5.41, 5.74) is 3.95. The van der Waals surface area contributed by atoms with Crippen molar-refractivity contribution < 1.29 is 4.74 Å². The number of hydrogen-bond donors (Lipinski definition) is 1. The number of aryl methyl sites for hydroxylation is 2. The van der Waals surface area contributed by atoms with Crippen LogP contribution in [-0.4, -0.2) is 13.7 Å². The standard InChI is InChI=1S/C17H29NO/c1-7-9-18-17(12(3)8-2)15-10-14(5)16(19-6)11-13(15)4/h10-12,17-18H,7-9H2,1-6H3. The second-order valence-electron chi connectivity index (χ2n) is 5.50. The summed E-state index contributed by atoms with van der Waals surface area (Å²) in [7, 11) is 1.74. The number of methoxy groups -OCH3 is 1. The highest BCUT2D eigenvalue weighted by molar-refractivity contribution is 5.43. The maximum Gasteiger partial charge on any atom is 0.122 e. The number of benzene rings is 1. The van der Waals surface area contributed by atoms with Crippen molar-refractivity contribution in [3.05, 3.63) is 28.8 Å². The summed E-state index contributed by atoms with van der Waals surface area (Å²) in [6, 6.07) is 4.89. The lowest BCUT2D eigenvalue weighted by molar-refractivity contribution is 0.374. The Hall–Kier alpha value is -1.02. The molecule has 0 radical (unpaired) electrons. The second-order valence-corrected chi connectivity index (χ2v) is 5.50. The Morgan fingerprint density at radius 1 is 1.16 bits per heavy atom. The van der Waals surface area contributed by atoms with Gasteiger partial charge in [0.05, 0.1) is 7.11 Å². The van der Waals surface area contributed by atoms with Crippen LogP contribution in [0.4, 0.5) is 0 Å². The van der Waals surface area contributed by atoms with E-state index in [2.05, 4.69) is 52.1 Å². The van der Waals surface area contributed by atoms with Crippen molar-refractivity contribution in [1.29, 1.82) is 0 Å². The number of rotatable bonds is 7. The van der Waals surface area contributed by atoms with E-state index in [0.29, 0.717) is 12.0 Å². The number of nitrogens with one attached hydrogen (secondary N) is 1. The summed E-state index contributed by atoms with van der Waals surface area (Å²) in [4.78, 5) is 0. The molecular formula is C17H29NO. The first-order chi connectivity index (χ1) is 9.04. The van der Waals surface area contributed by atoms with Gasteiger partial charge in [0, 0.05) is 6.04 Å². The first-order valence-corrected chi connectivity index (χ1v) is 7.43.